The number of ether oxygens (including phenoxy) is 2. The maximum absolute atomic E-state index is 13.3. The molecule has 0 radical (unpaired) electrons. The van der Waals surface area contributed by atoms with Crippen molar-refractivity contribution >= 4 is 41.2 Å². The second kappa shape index (κ2) is 16.0. The van der Waals surface area contributed by atoms with Crippen LogP contribution in [0.1, 0.15) is 40.0 Å². The average molecular weight is 512 g/mol. The Morgan fingerprint density at radius 2 is 1.83 bits per heavy atom. The van der Waals surface area contributed by atoms with Crippen LogP contribution in [0.5, 0.6) is 0 Å². The van der Waals surface area contributed by atoms with Crippen molar-refractivity contribution in [2.45, 2.75) is 57.1 Å². The number of likely N-dealkylation sites (N-methyl/N-ethyl adjacent to an activating group) is 1. The van der Waals surface area contributed by atoms with E-state index in [1.807, 2.05) is 32.9 Å². The van der Waals surface area contributed by atoms with E-state index in [0.717, 1.165) is 11.3 Å². The molecule has 0 aliphatic rings. The van der Waals surface area contributed by atoms with Crippen LogP contribution in [0.4, 0.5) is 5.69 Å². The summed E-state index contributed by atoms with van der Waals surface area (Å²) in [6, 6.07) is 6.24. The molecule has 35 heavy (non-hydrogen) atoms. The Hall–Kier alpha value is -2.79. The van der Waals surface area contributed by atoms with Gasteiger partial charge in [-0.1, -0.05) is 39.3 Å². The topological polar surface area (TPSA) is 157 Å². The van der Waals surface area contributed by atoms with Gasteiger partial charge < -0.3 is 30.9 Å². The number of carbonyl (C=O) groups is 4. The van der Waals surface area contributed by atoms with Gasteiger partial charge in [-0.15, -0.1) is 11.8 Å². The molecule has 0 aliphatic heterocycles. The molecule has 0 aliphatic carbocycles. The number of benzene rings is 1. The lowest BCUT2D eigenvalue weighted by molar-refractivity contribution is -0.168. The molecular weight excluding hydrogens is 474 g/mol. The number of thioether (sulfide) groups is 1. The highest BCUT2D eigenvalue weighted by Crippen LogP contribution is 2.26. The van der Waals surface area contributed by atoms with Gasteiger partial charge in [0.2, 0.25) is 11.8 Å². The largest absolute Gasteiger partial charge is 0.480 e. The molecule has 0 saturated carbocycles. The van der Waals surface area contributed by atoms with Crippen molar-refractivity contribution in [2.24, 2.45) is 11.8 Å². The Morgan fingerprint density at radius 3 is 2.40 bits per heavy atom. The van der Waals surface area contributed by atoms with Crippen LogP contribution in [-0.2, 0) is 28.7 Å². The summed E-state index contributed by atoms with van der Waals surface area (Å²) >= 11 is 1.31. The first-order chi connectivity index (χ1) is 16.6. The van der Waals surface area contributed by atoms with Crippen molar-refractivity contribution in [3.05, 3.63) is 24.3 Å². The van der Waals surface area contributed by atoms with Crippen molar-refractivity contribution < 1.29 is 33.8 Å². The number of nitrogen functional groups attached to an aromatic ring is 1. The van der Waals surface area contributed by atoms with E-state index < -0.39 is 48.4 Å². The fraction of sp³-hybridized carbons (Fsp3) is 0.583. The number of nitrogens with one attached hydrogen (secondary N) is 2. The lowest BCUT2D eigenvalue weighted by Gasteiger charge is -2.28. The first kappa shape index (κ1) is 30.2. The highest BCUT2D eigenvalue weighted by Gasteiger charge is 2.38. The predicted molar refractivity (Wildman–Crippen MR) is 134 cm³/mol. The molecule has 11 heteroatoms. The number of esters is 1. The number of hydrogen-bond donors (Lipinski definition) is 4. The molecule has 1 aromatic carbocycles. The van der Waals surface area contributed by atoms with E-state index in [0.29, 0.717) is 12.1 Å². The second-order valence-electron chi connectivity index (χ2n) is 8.41. The Kier molecular flexibility index (Phi) is 13.8. The second-order valence-corrected chi connectivity index (χ2v) is 9.47. The first-order valence-corrected chi connectivity index (χ1v) is 12.6. The Balaban J connectivity index is 3.11. The minimum atomic E-state index is -1.42. The van der Waals surface area contributed by atoms with E-state index in [4.69, 9.17) is 20.3 Å². The van der Waals surface area contributed by atoms with Crippen molar-refractivity contribution in [1.82, 2.24) is 10.6 Å². The third-order valence-corrected chi connectivity index (χ3v) is 6.18. The van der Waals surface area contributed by atoms with Crippen LogP contribution in [0, 0.1) is 11.8 Å². The molecule has 5 N–H and O–H groups in total. The number of carbonyl (C=O) groups excluding carboxylic acids is 3. The maximum atomic E-state index is 13.3. The van der Waals surface area contributed by atoms with Crippen LogP contribution in [0.2, 0.25) is 0 Å². The quantitative estimate of drug-likeness (QED) is 0.113. The Labute approximate surface area is 210 Å². The molecule has 1 aromatic rings. The fourth-order valence-corrected chi connectivity index (χ4v) is 4.20. The number of carboxylic acid groups (broad SMARTS) is 1. The van der Waals surface area contributed by atoms with Gasteiger partial charge in [0.15, 0.2) is 6.10 Å². The van der Waals surface area contributed by atoms with Crippen molar-refractivity contribution in [2.75, 3.05) is 31.7 Å². The summed E-state index contributed by atoms with van der Waals surface area (Å²) in [7, 11) is 1.46. The summed E-state index contributed by atoms with van der Waals surface area (Å²) in [5.74, 6) is -3.99. The lowest BCUT2D eigenvalue weighted by Crippen LogP contribution is -2.52. The monoisotopic (exact) mass is 511 g/mol. The number of rotatable bonds is 16. The van der Waals surface area contributed by atoms with Gasteiger partial charge in [-0.3, -0.25) is 9.59 Å². The third kappa shape index (κ3) is 11.0. The number of unbranched alkanes of at least 4 members (excludes halogenated alkanes) is 1. The van der Waals surface area contributed by atoms with Crippen LogP contribution in [0.3, 0.4) is 0 Å². The number of nitrogens with two attached hydrogens (primary N) is 1. The molecule has 0 heterocycles. The van der Waals surface area contributed by atoms with E-state index in [2.05, 4.69) is 10.6 Å². The zero-order chi connectivity index (χ0) is 26.4. The van der Waals surface area contributed by atoms with Gasteiger partial charge in [0, 0.05) is 23.4 Å². The van der Waals surface area contributed by atoms with Crippen LogP contribution in [-0.4, -0.2) is 67.0 Å². The van der Waals surface area contributed by atoms with Gasteiger partial charge in [0.05, 0.1) is 12.5 Å². The molecule has 1 rings (SSSR count). The molecule has 0 saturated heterocycles. The summed E-state index contributed by atoms with van der Waals surface area (Å²) in [4.78, 5) is 50.5. The van der Waals surface area contributed by atoms with Gasteiger partial charge >= 0.3 is 11.9 Å². The van der Waals surface area contributed by atoms with Crippen LogP contribution >= 0.6 is 11.8 Å². The zero-order valence-electron chi connectivity index (χ0n) is 20.7. The Morgan fingerprint density at radius 1 is 1.14 bits per heavy atom. The van der Waals surface area contributed by atoms with E-state index in [9.17, 15) is 19.2 Å². The molecule has 0 spiro atoms. The molecule has 2 amide bonds. The van der Waals surface area contributed by atoms with E-state index >= 15 is 0 Å². The van der Waals surface area contributed by atoms with Crippen LogP contribution < -0.4 is 16.4 Å². The molecule has 0 aromatic heterocycles. The Bertz CT molecular complexity index is 850. The van der Waals surface area contributed by atoms with E-state index in [-0.39, 0.29) is 24.7 Å². The van der Waals surface area contributed by atoms with Crippen molar-refractivity contribution in [1.29, 1.82) is 0 Å². The van der Waals surface area contributed by atoms with Gasteiger partial charge in [0.1, 0.15) is 12.6 Å². The van der Waals surface area contributed by atoms with Crippen LogP contribution in [0.25, 0.3) is 0 Å². The van der Waals surface area contributed by atoms with E-state index in [1.54, 1.807) is 12.1 Å². The van der Waals surface area contributed by atoms with E-state index in [1.165, 1.54) is 18.8 Å². The summed E-state index contributed by atoms with van der Waals surface area (Å²) < 4.78 is 10.6. The van der Waals surface area contributed by atoms with Gasteiger partial charge in [-0.25, -0.2) is 9.59 Å². The highest BCUT2D eigenvalue weighted by atomic mass is 32.2. The van der Waals surface area contributed by atoms with Crippen LogP contribution in [0.15, 0.2) is 29.2 Å². The minimum absolute atomic E-state index is 0.0259. The third-order valence-electron chi connectivity index (χ3n) is 4.99. The molecule has 10 nitrogen and oxygen atoms in total. The number of hydrogen-bond acceptors (Lipinski definition) is 8. The highest BCUT2D eigenvalue weighted by molar-refractivity contribution is 7.99. The maximum Gasteiger partial charge on any atom is 0.336 e. The summed E-state index contributed by atoms with van der Waals surface area (Å²) in [5.41, 5.74) is 6.53. The number of amides is 2. The predicted octanol–water partition coefficient (Wildman–Crippen LogP) is 2.07. The normalized spacial score (nSPS) is 13.5. The molecule has 0 bridgehead atoms. The molecular formula is C24H37N3O7S. The number of para-hydroxylation sites is 1. The smallest absolute Gasteiger partial charge is 0.336 e. The molecule has 1 unspecified atom stereocenters. The number of anilines is 1. The van der Waals surface area contributed by atoms with Crippen molar-refractivity contribution in [3.63, 3.8) is 0 Å². The summed E-state index contributed by atoms with van der Waals surface area (Å²) in [6.07, 6.45) is 0.212. The SMILES string of the molecule is CCCCOC(=O)C(OCC(=O)O)[C@@H](CC(C)C)C(=O)N[C@@H](CSc1ccccc1N)C(=O)NC. The molecule has 3 atom stereocenters. The molecule has 0 fully saturated rings. The summed E-state index contributed by atoms with van der Waals surface area (Å²) in [6.45, 7) is 5.02. The summed E-state index contributed by atoms with van der Waals surface area (Å²) in [5, 5.41) is 14.3. The number of carboxylic acids is 1. The van der Waals surface area contributed by atoms with Gasteiger partial charge in [0.25, 0.3) is 0 Å². The molecule has 196 valence electrons. The standard InChI is InChI=1S/C24H37N3O7S/c1-5-6-11-33-24(32)21(34-13-20(28)29)16(12-15(2)3)22(30)27-18(23(31)26-4)14-35-19-10-8-7-9-17(19)25/h7-10,15-16,18,21H,5-6,11-14,25H2,1-4H3,(H,26,31)(H,27,30)(H,28,29)/t16-,18+,21?/m1/s1. The lowest BCUT2D eigenvalue weighted by atomic mass is 9.90. The van der Waals surface area contributed by atoms with Crippen molar-refractivity contribution in [3.8, 4) is 0 Å². The minimum Gasteiger partial charge on any atom is -0.480 e. The fourth-order valence-electron chi connectivity index (χ4n) is 3.21. The average Bonchev–Trinajstić information content (AvgIpc) is 2.81. The van der Waals surface area contributed by atoms with Gasteiger partial charge in [-0.05, 0) is 30.9 Å². The first-order valence-electron chi connectivity index (χ1n) is 11.6. The van der Waals surface area contributed by atoms with Gasteiger partial charge in [-0.2, -0.15) is 0 Å². The number of aliphatic carboxylic acids is 1. The zero-order valence-corrected chi connectivity index (χ0v) is 21.6.